The number of carbonyl (C=O) groups excluding carboxylic acids is 2. The van der Waals surface area contributed by atoms with Gasteiger partial charge in [0.2, 0.25) is 0 Å². The first-order valence-corrected chi connectivity index (χ1v) is 7.88. The van der Waals surface area contributed by atoms with Crippen molar-refractivity contribution in [2.24, 2.45) is 0 Å². The zero-order chi connectivity index (χ0) is 16.6. The average molecular weight is 350 g/mol. The molecule has 1 aromatic heterocycles. The fraction of sp³-hybridized carbons (Fsp3) is 0.125. The molecule has 0 radical (unpaired) electrons. The van der Waals surface area contributed by atoms with Gasteiger partial charge in [0, 0.05) is 10.9 Å². The van der Waals surface area contributed by atoms with E-state index in [-0.39, 0.29) is 10.6 Å². The Morgan fingerprint density at radius 1 is 1.09 bits per heavy atom. The molecule has 7 heteroatoms. The molecule has 0 bridgehead atoms. The van der Waals surface area contributed by atoms with Crippen molar-refractivity contribution in [2.75, 3.05) is 19.1 Å². The molecule has 0 spiro atoms. The lowest BCUT2D eigenvalue weighted by molar-refractivity contribution is -0.119. The molecule has 0 saturated carbocycles. The topological polar surface area (TPSA) is 55.8 Å². The number of hydrogen-bond acceptors (Lipinski definition) is 5. The molecule has 2 amide bonds. The summed E-state index contributed by atoms with van der Waals surface area (Å²) in [6.45, 7) is 0. The van der Waals surface area contributed by atoms with Crippen molar-refractivity contribution < 1.29 is 19.1 Å². The van der Waals surface area contributed by atoms with Crippen LogP contribution in [0.15, 0.2) is 40.7 Å². The summed E-state index contributed by atoms with van der Waals surface area (Å²) in [7, 11) is 2.98. The Balaban J connectivity index is 2.07. The van der Waals surface area contributed by atoms with Crippen molar-refractivity contribution >= 4 is 46.0 Å². The average Bonchev–Trinajstić information content (AvgIpc) is 3.15. The Bertz CT molecular complexity index is 813. The molecule has 0 saturated heterocycles. The third-order valence-electron chi connectivity index (χ3n) is 3.42. The number of carbonyl (C=O) groups is 2. The first kappa shape index (κ1) is 15.6. The minimum absolute atomic E-state index is 0.0877. The number of halogens is 1. The molecule has 1 aliphatic rings. The second kappa shape index (κ2) is 6.06. The largest absolute Gasteiger partial charge is 0.497 e. The summed E-state index contributed by atoms with van der Waals surface area (Å²) >= 11 is 7.47. The first-order chi connectivity index (χ1) is 11.1. The maximum Gasteiger partial charge on any atom is 0.277 e. The molecule has 0 atom stereocenters. The van der Waals surface area contributed by atoms with E-state index in [1.165, 1.54) is 25.6 Å². The van der Waals surface area contributed by atoms with Crippen LogP contribution in [0.25, 0.3) is 5.57 Å². The second-order valence-electron chi connectivity index (χ2n) is 4.65. The lowest BCUT2D eigenvalue weighted by Gasteiger charge is -2.18. The molecular formula is C16H12ClNO4S. The van der Waals surface area contributed by atoms with Gasteiger partial charge in [-0.2, -0.15) is 0 Å². The standard InChI is InChI=1S/C16H12ClNO4S/c1-21-9-5-6-10(11(8-9)22-2)18-15(19)13(14(17)16(18)20)12-4-3-7-23-12/h3-8H,1-2H3. The van der Waals surface area contributed by atoms with Gasteiger partial charge in [-0.1, -0.05) is 17.7 Å². The number of nitrogens with zero attached hydrogens (tertiary/aromatic N) is 1. The number of amides is 2. The van der Waals surface area contributed by atoms with E-state index in [4.69, 9.17) is 21.1 Å². The van der Waals surface area contributed by atoms with Crippen molar-refractivity contribution in [1.29, 1.82) is 0 Å². The summed E-state index contributed by atoms with van der Waals surface area (Å²) < 4.78 is 10.4. The molecule has 23 heavy (non-hydrogen) atoms. The Hall–Kier alpha value is -2.31. The summed E-state index contributed by atoms with van der Waals surface area (Å²) in [5.74, 6) is -0.125. The van der Waals surface area contributed by atoms with Crippen molar-refractivity contribution in [2.45, 2.75) is 0 Å². The normalized spacial score (nSPS) is 14.7. The highest BCUT2D eigenvalue weighted by Crippen LogP contribution is 2.40. The van der Waals surface area contributed by atoms with E-state index in [0.29, 0.717) is 22.1 Å². The van der Waals surface area contributed by atoms with E-state index >= 15 is 0 Å². The Morgan fingerprint density at radius 2 is 1.87 bits per heavy atom. The molecule has 2 heterocycles. The molecule has 3 rings (SSSR count). The van der Waals surface area contributed by atoms with Crippen LogP contribution in [-0.2, 0) is 9.59 Å². The molecule has 0 N–H and O–H groups in total. The van der Waals surface area contributed by atoms with Gasteiger partial charge in [0.1, 0.15) is 16.5 Å². The molecule has 1 aliphatic heterocycles. The van der Waals surface area contributed by atoms with Gasteiger partial charge in [-0.05, 0) is 23.6 Å². The van der Waals surface area contributed by atoms with Gasteiger partial charge in [-0.15, -0.1) is 11.3 Å². The van der Waals surface area contributed by atoms with Gasteiger partial charge >= 0.3 is 0 Å². The zero-order valence-corrected chi connectivity index (χ0v) is 13.9. The summed E-state index contributed by atoms with van der Waals surface area (Å²) in [6, 6.07) is 8.39. The Kier molecular flexibility index (Phi) is 4.11. The second-order valence-corrected chi connectivity index (χ2v) is 5.98. The highest BCUT2D eigenvalue weighted by Gasteiger charge is 2.40. The zero-order valence-electron chi connectivity index (χ0n) is 12.3. The molecule has 0 aliphatic carbocycles. The maximum absolute atomic E-state index is 12.7. The molecule has 0 unspecified atom stereocenters. The highest BCUT2D eigenvalue weighted by molar-refractivity contribution is 7.11. The highest BCUT2D eigenvalue weighted by atomic mass is 35.5. The maximum atomic E-state index is 12.7. The number of methoxy groups -OCH3 is 2. The molecule has 2 aromatic rings. The summed E-state index contributed by atoms with van der Waals surface area (Å²) in [6.07, 6.45) is 0. The van der Waals surface area contributed by atoms with Crippen molar-refractivity contribution in [1.82, 2.24) is 0 Å². The summed E-state index contributed by atoms with van der Waals surface area (Å²) in [5, 5.41) is 1.73. The van der Waals surface area contributed by atoms with Gasteiger partial charge in [0.15, 0.2) is 0 Å². The van der Waals surface area contributed by atoms with Crippen LogP contribution in [-0.4, -0.2) is 26.0 Å². The Labute approximate surface area is 141 Å². The number of ether oxygens (including phenoxy) is 2. The van der Waals surface area contributed by atoms with E-state index in [2.05, 4.69) is 0 Å². The Morgan fingerprint density at radius 3 is 2.48 bits per heavy atom. The minimum Gasteiger partial charge on any atom is -0.497 e. The van der Waals surface area contributed by atoms with Crippen LogP contribution in [0.2, 0.25) is 0 Å². The summed E-state index contributed by atoms with van der Waals surface area (Å²) in [4.78, 5) is 26.9. The van der Waals surface area contributed by atoms with Crippen molar-refractivity contribution in [3.8, 4) is 11.5 Å². The van der Waals surface area contributed by atoms with Gasteiger partial charge in [0.05, 0.1) is 25.5 Å². The third-order valence-corrected chi connectivity index (χ3v) is 4.66. The number of imide groups is 1. The van der Waals surface area contributed by atoms with E-state index in [9.17, 15) is 9.59 Å². The quantitative estimate of drug-likeness (QED) is 0.795. The summed E-state index contributed by atoms with van der Waals surface area (Å²) in [5.41, 5.74) is 0.539. The van der Waals surface area contributed by atoms with Crippen LogP contribution in [0.4, 0.5) is 5.69 Å². The van der Waals surface area contributed by atoms with Crippen LogP contribution in [0.3, 0.4) is 0 Å². The molecule has 118 valence electrons. The monoisotopic (exact) mass is 349 g/mol. The minimum atomic E-state index is -0.566. The van der Waals surface area contributed by atoms with Gasteiger partial charge in [-0.25, -0.2) is 4.90 Å². The SMILES string of the molecule is COc1ccc(N2C(=O)C(Cl)=C(c3cccs3)C2=O)c(OC)c1. The van der Waals surface area contributed by atoms with E-state index in [0.717, 1.165) is 4.90 Å². The van der Waals surface area contributed by atoms with Crippen LogP contribution < -0.4 is 14.4 Å². The van der Waals surface area contributed by atoms with E-state index in [1.54, 1.807) is 30.3 Å². The molecule has 1 aromatic carbocycles. The predicted molar refractivity (Wildman–Crippen MR) is 89.1 cm³/mol. The van der Waals surface area contributed by atoms with Crippen LogP contribution >= 0.6 is 22.9 Å². The smallest absolute Gasteiger partial charge is 0.277 e. The molecule has 0 fully saturated rings. The third kappa shape index (κ3) is 2.50. The number of thiophene rings is 1. The van der Waals surface area contributed by atoms with Gasteiger partial charge in [0.25, 0.3) is 11.8 Å². The molecular weight excluding hydrogens is 338 g/mol. The fourth-order valence-corrected chi connectivity index (χ4v) is 3.42. The lowest BCUT2D eigenvalue weighted by atomic mass is 10.2. The van der Waals surface area contributed by atoms with Crippen molar-refractivity contribution in [3.05, 3.63) is 45.6 Å². The molecule has 5 nitrogen and oxygen atoms in total. The van der Waals surface area contributed by atoms with E-state index in [1.807, 2.05) is 5.38 Å². The number of anilines is 1. The number of benzene rings is 1. The van der Waals surface area contributed by atoms with Crippen LogP contribution in [0.5, 0.6) is 11.5 Å². The number of rotatable bonds is 4. The van der Waals surface area contributed by atoms with Crippen LogP contribution in [0.1, 0.15) is 4.88 Å². The lowest BCUT2D eigenvalue weighted by Crippen LogP contribution is -2.31. The first-order valence-electron chi connectivity index (χ1n) is 6.63. The van der Waals surface area contributed by atoms with Gasteiger partial charge in [-0.3, -0.25) is 9.59 Å². The number of hydrogen-bond donors (Lipinski definition) is 0. The van der Waals surface area contributed by atoms with Crippen LogP contribution in [0, 0.1) is 0 Å². The predicted octanol–water partition coefficient (Wildman–Crippen LogP) is 3.29. The van der Waals surface area contributed by atoms with E-state index < -0.39 is 11.8 Å². The fourth-order valence-electron chi connectivity index (χ4n) is 2.33. The van der Waals surface area contributed by atoms with Crippen molar-refractivity contribution in [3.63, 3.8) is 0 Å². The van der Waals surface area contributed by atoms with Gasteiger partial charge < -0.3 is 9.47 Å².